The molecule has 1 saturated heterocycles. The third kappa shape index (κ3) is 3.47. The lowest BCUT2D eigenvalue weighted by Crippen LogP contribution is -2.53. The Labute approximate surface area is 115 Å². The molecule has 1 heterocycles. The van der Waals surface area contributed by atoms with Gasteiger partial charge in [-0.2, -0.15) is 0 Å². The van der Waals surface area contributed by atoms with Crippen LogP contribution in [0.2, 0.25) is 0 Å². The highest BCUT2D eigenvalue weighted by molar-refractivity contribution is 5.75. The largest absolute Gasteiger partial charge is 0.327 e. The number of urea groups is 1. The summed E-state index contributed by atoms with van der Waals surface area (Å²) >= 11 is 0. The number of rotatable bonds is 4. The Morgan fingerprint density at radius 2 is 1.95 bits per heavy atom. The number of carbonyl (C=O) groups is 1. The number of nitrogens with zero attached hydrogens (tertiary/aromatic N) is 2. The SMILES string of the molecule is CNCC1CN(C)C(=O)N(Cc2ccc(C)cc2)C1. The Balaban J connectivity index is 2.04. The van der Waals surface area contributed by atoms with E-state index in [1.54, 1.807) is 0 Å². The van der Waals surface area contributed by atoms with E-state index in [0.29, 0.717) is 12.5 Å². The molecule has 4 nitrogen and oxygen atoms in total. The maximum Gasteiger partial charge on any atom is 0.320 e. The minimum atomic E-state index is 0.132. The molecule has 19 heavy (non-hydrogen) atoms. The maximum absolute atomic E-state index is 12.2. The molecule has 1 atom stereocenters. The van der Waals surface area contributed by atoms with Gasteiger partial charge < -0.3 is 15.1 Å². The van der Waals surface area contributed by atoms with Crippen LogP contribution in [0.3, 0.4) is 0 Å². The topological polar surface area (TPSA) is 35.6 Å². The fourth-order valence-electron chi connectivity index (χ4n) is 2.62. The second kappa shape index (κ2) is 6.06. The standard InChI is InChI=1S/C15H23N3O/c1-12-4-6-13(7-5-12)10-18-11-14(8-16-2)9-17(3)15(18)19/h4-7,14,16H,8-11H2,1-3H3. The van der Waals surface area contributed by atoms with Crippen LogP contribution in [0.25, 0.3) is 0 Å². The lowest BCUT2D eigenvalue weighted by atomic mass is 10.1. The fourth-order valence-corrected chi connectivity index (χ4v) is 2.62. The van der Waals surface area contributed by atoms with Crippen LogP contribution < -0.4 is 5.32 Å². The molecular weight excluding hydrogens is 238 g/mol. The monoisotopic (exact) mass is 261 g/mol. The molecule has 4 heteroatoms. The van der Waals surface area contributed by atoms with E-state index in [9.17, 15) is 4.79 Å². The van der Waals surface area contributed by atoms with E-state index >= 15 is 0 Å². The summed E-state index contributed by atoms with van der Waals surface area (Å²) < 4.78 is 0. The highest BCUT2D eigenvalue weighted by Crippen LogP contribution is 2.16. The van der Waals surface area contributed by atoms with Crippen LogP contribution in [0.5, 0.6) is 0 Å². The lowest BCUT2D eigenvalue weighted by Gasteiger charge is -2.38. The normalized spacial score (nSPS) is 19.9. The molecule has 1 fully saturated rings. The smallest absolute Gasteiger partial charge is 0.320 e. The van der Waals surface area contributed by atoms with Crippen molar-refractivity contribution in [3.05, 3.63) is 35.4 Å². The molecule has 0 aromatic heterocycles. The van der Waals surface area contributed by atoms with E-state index in [1.807, 2.05) is 23.9 Å². The van der Waals surface area contributed by atoms with Gasteiger partial charge >= 0.3 is 6.03 Å². The highest BCUT2D eigenvalue weighted by atomic mass is 16.2. The molecule has 0 spiro atoms. The van der Waals surface area contributed by atoms with E-state index in [1.165, 1.54) is 11.1 Å². The van der Waals surface area contributed by atoms with Crippen LogP contribution in [0.1, 0.15) is 11.1 Å². The van der Waals surface area contributed by atoms with Gasteiger partial charge in [0.15, 0.2) is 0 Å². The first kappa shape index (κ1) is 13.9. The van der Waals surface area contributed by atoms with E-state index < -0.39 is 0 Å². The van der Waals surface area contributed by atoms with Gasteiger partial charge in [-0.25, -0.2) is 4.79 Å². The van der Waals surface area contributed by atoms with Gasteiger partial charge in [-0.3, -0.25) is 0 Å². The number of amides is 2. The first-order valence-corrected chi connectivity index (χ1v) is 6.80. The van der Waals surface area contributed by atoms with Crippen molar-refractivity contribution in [2.24, 2.45) is 5.92 Å². The van der Waals surface area contributed by atoms with E-state index in [0.717, 1.165) is 19.6 Å². The molecule has 0 radical (unpaired) electrons. The van der Waals surface area contributed by atoms with Crippen LogP contribution in [-0.2, 0) is 6.54 Å². The van der Waals surface area contributed by atoms with Crippen molar-refractivity contribution < 1.29 is 4.79 Å². The summed E-state index contributed by atoms with van der Waals surface area (Å²) in [4.78, 5) is 15.9. The van der Waals surface area contributed by atoms with Crippen molar-refractivity contribution in [3.8, 4) is 0 Å². The molecule has 1 aliphatic rings. The quantitative estimate of drug-likeness (QED) is 0.895. The van der Waals surface area contributed by atoms with Crippen molar-refractivity contribution in [2.75, 3.05) is 33.7 Å². The van der Waals surface area contributed by atoms with Crippen LogP contribution in [0.4, 0.5) is 4.79 Å². The van der Waals surface area contributed by atoms with Crippen molar-refractivity contribution >= 4 is 6.03 Å². The zero-order chi connectivity index (χ0) is 13.8. The van der Waals surface area contributed by atoms with Gasteiger partial charge in [-0.1, -0.05) is 29.8 Å². The van der Waals surface area contributed by atoms with Crippen molar-refractivity contribution in [2.45, 2.75) is 13.5 Å². The molecule has 0 bridgehead atoms. The number of hydrogen-bond donors (Lipinski definition) is 1. The summed E-state index contributed by atoms with van der Waals surface area (Å²) in [6.45, 7) is 5.39. The molecule has 104 valence electrons. The van der Waals surface area contributed by atoms with E-state index in [-0.39, 0.29) is 6.03 Å². The van der Waals surface area contributed by atoms with Gasteiger partial charge in [0.25, 0.3) is 0 Å². The van der Waals surface area contributed by atoms with Gasteiger partial charge in [0.1, 0.15) is 0 Å². The van der Waals surface area contributed by atoms with E-state index in [4.69, 9.17) is 0 Å². The molecule has 2 amide bonds. The fraction of sp³-hybridized carbons (Fsp3) is 0.533. The average molecular weight is 261 g/mol. The van der Waals surface area contributed by atoms with Crippen LogP contribution in [0, 0.1) is 12.8 Å². The Hall–Kier alpha value is -1.55. The summed E-state index contributed by atoms with van der Waals surface area (Å²) in [5, 5.41) is 3.20. The predicted molar refractivity (Wildman–Crippen MR) is 77.0 cm³/mol. The Bertz CT molecular complexity index is 430. The molecule has 0 saturated carbocycles. The first-order valence-electron chi connectivity index (χ1n) is 6.80. The zero-order valence-corrected chi connectivity index (χ0v) is 12.0. The molecule has 1 aromatic rings. The van der Waals surface area contributed by atoms with E-state index in [2.05, 4.69) is 36.5 Å². The van der Waals surface area contributed by atoms with Crippen molar-refractivity contribution in [3.63, 3.8) is 0 Å². The highest BCUT2D eigenvalue weighted by Gasteiger charge is 2.28. The van der Waals surface area contributed by atoms with Gasteiger partial charge in [-0.15, -0.1) is 0 Å². The summed E-state index contributed by atoms with van der Waals surface area (Å²) in [6.07, 6.45) is 0. The molecule has 1 unspecified atom stereocenters. The second-order valence-corrected chi connectivity index (χ2v) is 5.45. The third-order valence-electron chi connectivity index (χ3n) is 3.59. The number of nitrogens with one attached hydrogen (secondary N) is 1. The molecule has 1 N–H and O–H groups in total. The van der Waals surface area contributed by atoms with Crippen molar-refractivity contribution in [1.29, 1.82) is 0 Å². The van der Waals surface area contributed by atoms with Crippen molar-refractivity contribution in [1.82, 2.24) is 15.1 Å². The predicted octanol–water partition coefficient (Wildman–Crippen LogP) is 1.70. The summed E-state index contributed by atoms with van der Waals surface area (Å²) in [5.41, 5.74) is 2.44. The van der Waals surface area contributed by atoms with Crippen LogP contribution >= 0.6 is 0 Å². The number of hydrogen-bond acceptors (Lipinski definition) is 2. The summed E-state index contributed by atoms with van der Waals surface area (Å²) in [5.74, 6) is 0.498. The molecule has 1 aliphatic heterocycles. The Morgan fingerprint density at radius 1 is 1.26 bits per heavy atom. The molecular formula is C15H23N3O. The Morgan fingerprint density at radius 3 is 2.58 bits per heavy atom. The number of carbonyl (C=O) groups excluding carboxylic acids is 1. The van der Waals surface area contributed by atoms with Crippen LogP contribution in [0.15, 0.2) is 24.3 Å². The molecule has 1 aromatic carbocycles. The van der Waals surface area contributed by atoms with Gasteiger partial charge in [-0.05, 0) is 19.5 Å². The zero-order valence-electron chi connectivity index (χ0n) is 12.0. The summed E-state index contributed by atoms with van der Waals surface area (Å²) in [6, 6.07) is 8.53. The minimum absolute atomic E-state index is 0.132. The van der Waals surface area contributed by atoms with Gasteiger partial charge in [0.05, 0.1) is 0 Å². The second-order valence-electron chi connectivity index (χ2n) is 5.45. The number of benzene rings is 1. The molecule has 2 rings (SSSR count). The first-order chi connectivity index (χ1) is 9.10. The maximum atomic E-state index is 12.2. The number of aryl methyl sites for hydroxylation is 1. The Kier molecular flexibility index (Phi) is 4.43. The lowest BCUT2D eigenvalue weighted by molar-refractivity contribution is 0.112. The average Bonchev–Trinajstić information content (AvgIpc) is 2.38. The minimum Gasteiger partial charge on any atom is -0.327 e. The summed E-state index contributed by atoms with van der Waals surface area (Å²) in [7, 11) is 3.84. The van der Waals surface area contributed by atoms with Gasteiger partial charge in [0, 0.05) is 39.1 Å². The molecule has 0 aliphatic carbocycles. The third-order valence-corrected chi connectivity index (χ3v) is 3.59. The van der Waals surface area contributed by atoms with Crippen LogP contribution in [-0.4, -0.2) is 49.6 Å². The van der Waals surface area contributed by atoms with Gasteiger partial charge in [0.2, 0.25) is 0 Å².